The molecule has 0 saturated carbocycles. The van der Waals surface area contributed by atoms with Gasteiger partial charge in [-0.3, -0.25) is 0 Å². The number of likely N-dealkylation sites (N-methyl/N-ethyl adjacent to an activating group) is 1. The van der Waals surface area contributed by atoms with Gasteiger partial charge in [-0.2, -0.15) is 0 Å². The lowest BCUT2D eigenvalue weighted by Crippen LogP contribution is -2.44. The number of aliphatic hydroxyl groups is 1. The Morgan fingerprint density at radius 2 is 2.05 bits per heavy atom. The SMILES string of the molecule is C=C(C)Nc1ccc(N2CCN(C)CC2)c(OCCO)c1. The van der Waals surface area contributed by atoms with Crippen molar-refractivity contribution in [3.8, 4) is 5.75 Å². The van der Waals surface area contributed by atoms with Crippen molar-refractivity contribution in [3.63, 3.8) is 0 Å². The van der Waals surface area contributed by atoms with Crippen molar-refractivity contribution in [2.75, 3.05) is 56.7 Å². The standard InChI is InChI=1S/C16H25N3O2/c1-13(2)17-14-4-5-15(16(12-14)21-11-10-20)19-8-6-18(3)7-9-19/h4-5,12,17,20H,1,6-11H2,2-3H3. The van der Waals surface area contributed by atoms with E-state index >= 15 is 0 Å². The van der Waals surface area contributed by atoms with Crippen LogP contribution in [-0.4, -0.2) is 56.4 Å². The third kappa shape index (κ3) is 4.37. The number of nitrogens with zero attached hydrogens (tertiary/aromatic N) is 2. The summed E-state index contributed by atoms with van der Waals surface area (Å²) in [5.41, 5.74) is 2.92. The van der Waals surface area contributed by atoms with Crippen LogP contribution in [0.2, 0.25) is 0 Å². The second kappa shape index (κ2) is 7.33. The summed E-state index contributed by atoms with van der Waals surface area (Å²) in [7, 11) is 2.14. The number of allylic oxidation sites excluding steroid dienone is 1. The third-order valence-electron chi connectivity index (χ3n) is 3.51. The largest absolute Gasteiger partial charge is 0.489 e. The van der Waals surface area contributed by atoms with Crippen LogP contribution in [0.5, 0.6) is 5.75 Å². The number of hydrogen-bond donors (Lipinski definition) is 2. The molecule has 116 valence electrons. The molecule has 1 saturated heterocycles. The van der Waals surface area contributed by atoms with E-state index in [2.05, 4.69) is 34.8 Å². The normalized spacial score (nSPS) is 15.9. The summed E-state index contributed by atoms with van der Waals surface area (Å²) >= 11 is 0. The van der Waals surface area contributed by atoms with Gasteiger partial charge in [0.1, 0.15) is 12.4 Å². The van der Waals surface area contributed by atoms with Gasteiger partial charge in [0.2, 0.25) is 0 Å². The number of rotatable bonds is 6. The number of nitrogens with one attached hydrogen (secondary N) is 1. The second-order valence-electron chi connectivity index (χ2n) is 5.45. The molecule has 1 fully saturated rings. The number of anilines is 2. The van der Waals surface area contributed by atoms with Gasteiger partial charge in [-0.15, -0.1) is 0 Å². The van der Waals surface area contributed by atoms with Gasteiger partial charge in [-0.05, 0) is 26.1 Å². The van der Waals surface area contributed by atoms with Crippen LogP contribution in [0.4, 0.5) is 11.4 Å². The maximum absolute atomic E-state index is 9.00. The zero-order chi connectivity index (χ0) is 15.2. The van der Waals surface area contributed by atoms with E-state index in [4.69, 9.17) is 9.84 Å². The summed E-state index contributed by atoms with van der Waals surface area (Å²) in [5.74, 6) is 0.805. The van der Waals surface area contributed by atoms with Gasteiger partial charge in [0, 0.05) is 43.6 Å². The van der Waals surface area contributed by atoms with Gasteiger partial charge in [0.05, 0.1) is 12.3 Å². The minimum absolute atomic E-state index is 0.0142. The Balaban J connectivity index is 2.19. The minimum atomic E-state index is 0.0142. The molecule has 1 heterocycles. The first-order valence-electron chi connectivity index (χ1n) is 7.34. The molecule has 0 aliphatic carbocycles. The zero-order valence-electron chi connectivity index (χ0n) is 12.9. The highest BCUT2D eigenvalue weighted by Crippen LogP contribution is 2.32. The van der Waals surface area contributed by atoms with Crippen molar-refractivity contribution in [3.05, 3.63) is 30.5 Å². The molecule has 1 aliphatic rings. The Morgan fingerprint density at radius 1 is 1.33 bits per heavy atom. The average molecular weight is 291 g/mol. The summed E-state index contributed by atoms with van der Waals surface area (Å²) in [6, 6.07) is 6.08. The molecule has 0 unspecified atom stereocenters. The molecule has 0 radical (unpaired) electrons. The van der Waals surface area contributed by atoms with Crippen LogP contribution in [0.1, 0.15) is 6.92 Å². The fraction of sp³-hybridized carbons (Fsp3) is 0.500. The van der Waals surface area contributed by atoms with Gasteiger partial charge in [-0.25, -0.2) is 0 Å². The quantitative estimate of drug-likeness (QED) is 0.836. The van der Waals surface area contributed by atoms with E-state index < -0.39 is 0 Å². The van der Waals surface area contributed by atoms with E-state index in [1.165, 1.54) is 0 Å². The molecular weight excluding hydrogens is 266 g/mol. The fourth-order valence-electron chi connectivity index (χ4n) is 2.42. The van der Waals surface area contributed by atoms with Crippen molar-refractivity contribution >= 4 is 11.4 Å². The van der Waals surface area contributed by atoms with Crippen molar-refractivity contribution < 1.29 is 9.84 Å². The molecule has 0 spiro atoms. The summed E-state index contributed by atoms with van der Waals surface area (Å²) < 4.78 is 5.71. The van der Waals surface area contributed by atoms with Crippen LogP contribution in [0.25, 0.3) is 0 Å². The molecule has 21 heavy (non-hydrogen) atoms. The topological polar surface area (TPSA) is 48.0 Å². The first-order chi connectivity index (χ1) is 10.1. The molecule has 5 nitrogen and oxygen atoms in total. The Bertz CT molecular complexity index is 482. The van der Waals surface area contributed by atoms with E-state index in [9.17, 15) is 0 Å². The summed E-state index contributed by atoms with van der Waals surface area (Å²) in [5, 5.41) is 12.2. The third-order valence-corrected chi connectivity index (χ3v) is 3.51. The van der Waals surface area contributed by atoms with Crippen molar-refractivity contribution in [2.45, 2.75) is 6.92 Å². The van der Waals surface area contributed by atoms with E-state index in [1.807, 2.05) is 19.1 Å². The Morgan fingerprint density at radius 3 is 2.67 bits per heavy atom. The molecule has 0 aromatic heterocycles. The second-order valence-corrected chi connectivity index (χ2v) is 5.45. The molecule has 2 N–H and O–H groups in total. The van der Waals surface area contributed by atoms with Gasteiger partial charge in [0.25, 0.3) is 0 Å². The van der Waals surface area contributed by atoms with Crippen LogP contribution >= 0.6 is 0 Å². The lowest BCUT2D eigenvalue weighted by atomic mass is 10.2. The maximum Gasteiger partial charge on any atom is 0.144 e. The Labute approximate surface area is 126 Å². The predicted molar refractivity (Wildman–Crippen MR) is 87.2 cm³/mol. The number of aliphatic hydroxyl groups excluding tert-OH is 1. The predicted octanol–water partition coefficient (Wildman–Crippen LogP) is 1.75. The van der Waals surface area contributed by atoms with E-state index in [0.717, 1.165) is 49.0 Å². The van der Waals surface area contributed by atoms with Crippen molar-refractivity contribution in [1.29, 1.82) is 0 Å². The average Bonchev–Trinajstić information content (AvgIpc) is 2.46. The highest BCUT2D eigenvalue weighted by atomic mass is 16.5. The van der Waals surface area contributed by atoms with E-state index in [0.29, 0.717) is 6.61 Å². The number of benzene rings is 1. The van der Waals surface area contributed by atoms with Gasteiger partial charge in [-0.1, -0.05) is 6.58 Å². The Hall–Kier alpha value is -1.72. The molecule has 1 aromatic carbocycles. The van der Waals surface area contributed by atoms with E-state index in [1.54, 1.807) is 0 Å². The van der Waals surface area contributed by atoms with Crippen LogP contribution in [0.3, 0.4) is 0 Å². The number of hydrogen-bond acceptors (Lipinski definition) is 5. The molecule has 0 amide bonds. The molecular formula is C16H25N3O2. The van der Waals surface area contributed by atoms with Crippen LogP contribution < -0.4 is 15.0 Å². The van der Waals surface area contributed by atoms with Crippen molar-refractivity contribution in [2.24, 2.45) is 0 Å². The van der Waals surface area contributed by atoms with Gasteiger partial charge >= 0.3 is 0 Å². The Kier molecular flexibility index (Phi) is 5.47. The molecule has 5 heteroatoms. The van der Waals surface area contributed by atoms with E-state index in [-0.39, 0.29) is 6.61 Å². The monoisotopic (exact) mass is 291 g/mol. The van der Waals surface area contributed by atoms with Gasteiger partial charge < -0.3 is 25.0 Å². The fourth-order valence-corrected chi connectivity index (χ4v) is 2.42. The highest BCUT2D eigenvalue weighted by Gasteiger charge is 2.18. The summed E-state index contributed by atoms with van der Waals surface area (Å²) in [4.78, 5) is 4.65. The summed E-state index contributed by atoms with van der Waals surface area (Å²) in [6.45, 7) is 10.2. The molecule has 1 aromatic rings. The summed E-state index contributed by atoms with van der Waals surface area (Å²) in [6.07, 6.45) is 0. The number of ether oxygens (including phenoxy) is 1. The lowest BCUT2D eigenvalue weighted by molar-refractivity contribution is 0.201. The number of piperazine rings is 1. The molecule has 1 aliphatic heterocycles. The smallest absolute Gasteiger partial charge is 0.144 e. The lowest BCUT2D eigenvalue weighted by Gasteiger charge is -2.35. The first-order valence-corrected chi connectivity index (χ1v) is 7.34. The van der Waals surface area contributed by atoms with Crippen LogP contribution in [0, 0.1) is 0 Å². The van der Waals surface area contributed by atoms with Gasteiger partial charge in [0.15, 0.2) is 0 Å². The van der Waals surface area contributed by atoms with Crippen LogP contribution in [-0.2, 0) is 0 Å². The molecule has 0 atom stereocenters. The zero-order valence-corrected chi connectivity index (χ0v) is 12.9. The maximum atomic E-state index is 9.00. The first kappa shape index (κ1) is 15.7. The van der Waals surface area contributed by atoms with Crippen LogP contribution in [0.15, 0.2) is 30.5 Å². The molecule has 2 rings (SSSR count). The highest BCUT2D eigenvalue weighted by molar-refractivity contribution is 5.66. The molecule has 0 bridgehead atoms. The van der Waals surface area contributed by atoms with Crippen molar-refractivity contribution in [1.82, 2.24) is 4.90 Å². The minimum Gasteiger partial charge on any atom is -0.489 e.